The molecule has 0 unspecified atom stereocenters. The Balaban J connectivity index is 1.55. The van der Waals surface area contributed by atoms with Gasteiger partial charge < -0.3 is 4.90 Å². The molecule has 1 saturated heterocycles. The van der Waals surface area contributed by atoms with Crippen LogP contribution in [0.3, 0.4) is 0 Å². The molecule has 1 atom stereocenters. The van der Waals surface area contributed by atoms with E-state index in [1.165, 1.54) is 6.07 Å². The van der Waals surface area contributed by atoms with Crippen molar-refractivity contribution in [1.82, 2.24) is 14.9 Å². The Labute approximate surface area is 176 Å². The van der Waals surface area contributed by atoms with Gasteiger partial charge in [0, 0.05) is 42.7 Å². The summed E-state index contributed by atoms with van der Waals surface area (Å²) in [7, 11) is 0. The maximum atomic E-state index is 14.0. The van der Waals surface area contributed by atoms with Crippen molar-refractivity contribution in [1.29, 1.82) is 0 Å². The number of likely N-dealkylation sites (tertiary alicyclic amines) is 1. The van der Waals surface area contributed by atoms with E-state index in [9.17, 15) is 14.0 Å². The number of halogens is 1. The van der Waals surface area contributed by atoms with Crippen molar-refractivity contribution < 1.29 is 14.0 Å². The van der Waals surface area contributed by atoms with Crippen LogP contribution in [-0.2, 0) is 22.4 Å². The topological polar surface area (TPSA) is 66.4 Å². The number of amides is 2. The molecule has 6 nitrogen and oxygen atoms in total. The average molecular weight is 410 g/mol. The molecule has 4 rings (SSSR count). The van der Waals surface area contributed by atoms with Crippen molar-refractivity contribution in [3.8, 4) is 0 Å². The molecule has 2 amide bonds. The second kappa shape index (κ2) is 8.13. The minimum absolute atomic E-state index is 0.0288. The number of hydrogen-bond acceptors (Lipinski definition) is 4. The van der Waals surface area contributed by atoms with Gasteiger partial charge in [-0.25, -0.2) is 14.4 Å². The van der Waals surface area contributed by atoms with Crippen LogP contribution >= 0.6 is 0 Å². The molecule has 0 radical (unpaired) electrons. The fourth-order valence-electron chi connectivity index (χ4n) is 4.28. The normalized spacial score (nSPS) is 18.4. The average Bonchev–Trinajstić information content (AvgIpc) is 3.32. The predicted molar refractivity (Wildman–Crippen MR) is 112 cm³/mol. The summed E-state index contributed by atoms with van der Waals surface area (Å²) in [5.74, 6) is 1.24. The smallest absolute Gasteiger partial charge is 0.232 e. The van der Waals surface area contributed by atoms with Crippen LogP contribution in [0.1, 0.15) is 48.8 Å². The number of aryl methyl sites for hydroxylation is 1. The highest BCUT2D eigenvalue weighted by molar-refractivity contribution is 6.00. The minimum atomic E-state index is -0.259. The second-order valence-corrected chi connectivity index (χ2v) is 8.46. The first-order valence-electron chi connectivity index (χ1n) is 10.5. The Kier molecular flexibility index (Phi) is 5.54. The van der Waals surface area contributed by atoms with Crippen molar-refractivity contribution in [3.63, 3.8) is 0 Å². The lowest BCUT2D eigenvalue weighted by Crippen LogP contribution is -2.32. The first-order chi connectivity index (χ1) is 14.3. The van der Waals surface area contributed by atoms with Crippen molar-refractivity contribution in [3.05, 3.63) is 52.7 Å². The molecule has 158 valence electrons. The summed E-state index contributed by atoms with van der Waals surface area (Å²) < 4.78 is 14.0. The number of rotatable bonds is 5. The van der Waals surface area contributed by atoms with Crippen LogP contribution in [-0.4, -0.2) is 46.3 Å². The van der Waals surface area contributed by atoms with Gasteiger partial charge in [0.1, 0.15) is 17.5 Å². The van der Waals surface area contributed by atoms with E-state index in [1.54, 1.807) is 23.1 Å². The van der Waals surface area contributed by atoms with Crippen molar-refractivity contribution in [2.45, 2.75) is 46.0 Å². The van der Waals surface area contributed by atoms with Gasteiger partial charge in [-0.1, -0.05) is 32.0 Å². The highest BCUT2D eigenvalue weighted by Crippen LogP contribution is 2.33. The highest BCUT2D eigenvalue weighted by atomic mass is 19.1. The van der Waals surface area contributed by atoms with Gasteiger partial charge in [0.2, 0.25) is 11.8 Å². The Morgan fingerprint density at radius 2 is 2.03 bits per heavy atom. The molecule has 0 bridgehead atoms. The van der Waals surface area contributed by atoms with Gasteiger partial charge in [-0.2, -0.15) is 0 Å². The SMILES string of the molecule is Cc1nc([C@@H]2CCN(C(=O)C(C)C)C2)nc2c1CC(=O)N2CCc1ccccc1F. The molecular formula is C23H27FN4O2. The lowest BCUT2D eigenvalue weighted by molar-refractivity contribution is -0.133. The molecule has 1 aromatic heterocycles. The second-order valence-electron chi connectivity index (χ2n) is 8.46. The maximum absolute atomic E-state index is 14.0. The van der Waals surface area contributed by atoms with Crippen LogP contribution in [0.25, 0.3) is 0 Å². The van der Waals surface area contributed by atoms with Crippen LogP contribution in [0, 0.1) is 18.7 Å². The van der Waals surface area contributed by atoms with Crippen molar-refractivity contribution in [2.24, 2.45) is 5.92 Å². The molecule has 0 N–H and O–H groups in total. The monoisotopic (exact) mass is 410 g/mol. The van der Waals surface area contributed by atoms with E-state index in [0.717, 1.165) is 17.7 Å². The van der Waals surface area contributed by atoms with Crippen molar-refractivity contribution >= 4 is 17.6 Å². The summed E-state index contributed by atoms with van der Waals surface area (Å²) in [6, 6.07) is 6.63. The van der Waals surface area contributed by atoms with Gasteiger partial charge in [-0.3, -0.25) is 14.5 Å². The molecule has 1 fully saturated rings. The van der Waals surface area contributed by atoms with Gasteiger partial charge in [0.05, 0.1) is 6.42 Å². The number of hydrogen-bond donors (Lipinski definition) is 0. The lowest BCUT2D eigenvalue weighted by atomic mass is 10.1. The summed E-state index contributed by atoms with van der Waals surface area (Å²) in [6.07, 6.45) is 1.53. The summed E-state index contributed by atoms with van der Waals surface area (Å²) in [5, 5.41) is 0. The molecule has 30 heavy (non-hydrogen) atoms. The maximum Gasteiger partial charge on any atom is 0.232 e. The number of nitrogens with zero attached hydrogens (tertiary/aromatic N) is 4. The van der Waals surface area contributed by atoms with Gasteiger partial charge in [-0.15, -0.1) is 0 Å². The standard InChI is InChI=1S/C23H27FN4O2/c1-14(2)23(30)27-10-8-17(13-27)21-25-15(3)18-12-20(29)28(22(18)26-21)11-9-16-6-4-5-7-19(16)24/h4-7,14,17H,8-13H2,1-3H3/t17-/m1/s1. The molecule has 2 aliphatic heterocycles. The van der Waals surface area contributed by atoms with Gasteiger partial charge in [0.15, 0.2) is 0 Å². The van der Waals surface area contributed by atoms with E-state index in [2.05, 4.69) is 4.98 Å². The van der Waals surface area contributed by atoms with E-state index in [0.29, 0.717) is 43.3 Å². The van der Waals surface area contributed by atoms with Crippen LogP contribution in [0.4, 0.5) is 10.2 Å². The third kappa shape index (κ3) is 3.80. The number of aromatic nitrogens is 2. The summed E-state index contributed by atoms with van der Waals surface area (Å²) in [4.78, 5) is 37.9. The Bertz CT molecular complexity index is 991. The van der Waals surface area contributed by atoms with Crippen LogP contribution in [0.2, 0.25) is 0 Å². The van der Waals surface area contributed by atoms with E-state index >= 15 is 0 Å². The predicted octanol–water partition coefficient (Wildman–Crippen LogP) is 3.03. The third-order valence-corrected chi connectivity index (χ3v) is 6.02. The number of carbonyl (C=O) groups is 2. The third-order valence-electron chi connectivity index (χ3n) is 6.02. The molecule has 7 heteroatoms. The Morgan fingerprint density at radius 3 is 2.77 bits per heavy atom. The Hall–Kier alpha value is -2.83. The fraction of sp³-hybridized carbons (Fsp3) is 0.478. The summed E-state index contributed by atoms with van der Waals surface area (Å²) in [5.41, 5.74) is 2.25. The molecule has 0 aliphatic carbocycles. The number of benzene rings is 1. The van der Waals surface area contributed by atoms with Gasteiger partial charge in [-0.05, 0) is 31.4 Å². The first-order valence-corrected chi connectivity index (χ1v) is 10.5. The molecule has 1 aromatic carbocycles. The first kappa shape index (κ1) is 20.4. The Morgan fingerprint density at radius 1 is 1.27 bits per heavy atom. The summed E-state index contributed by atoms with van der Waals surface area (Å²) >= 11 is 0. The molecule has 2 aromatic rings. The highest BCUT2D eigenvalue weighted by Gasteiger charge is 2.35. The van der Waals surface area contributed by atoms with Crippen LogP contribution in [0.5, 0.6) is 0 Å². The van der Waals surface area contributed by atoms with Gasteiger partial charge in [0.25, 0.3) is 0 Å². The molecule has 0 spiro atoms. The van der Waals surface area contributed by atoms with Crippen LogP contribution in [0.15, 0.2) is 24.3 Å². The minimum Gasteiger partial charge on any atom is -0.342 e. The zero-order valence-electron chi connectivity index (χ0n) is 17.7. The zero-order valence-corrected chi connectivity index (χ0v) is 17.7. The quantitative estimate of drug-likeness (QED) is 0.760. The number of anilines is 1. The molecule has 0 saturated carbocycles. The zero-order chi connectivity index (χ0) is 21.4. The summed E-state index contributed by atoms with van der Waals surface area (Å²) in [6.45, 7) is 7.42. The van der Waals surface area contributed by atoms with Gasteiger partial charge >= 0.3 is 0 Å². The molecular weight excluding hydrogens is 383 g/mol. The lowest BCUT2D eigenvalue weighted by Gasteiger charge is -2.20. The fourth-order valence-corrected chi connectivity index (χ4v) is 4.28. The number of carbonyl (C=O) groups excluding carboxylic acids is 2. The van der Waals surface area contributed by atoms with E-state index in [1.807, 2.05) is 25.7 Å². The van der Waals surface area contributed by atoms with Crippen molar-refractivity contribution in [2.75, 3.05) is 24.5 Å². The molecule has 3 heterocycles. The largest absolute Gasteiger partial charge is 0.342 e. The number of fused-ring (bicyclic) bond motifs is 1. The van der Waals surface area contributed by atoms with E-state index in [-0.39, 0.29) is 35.9 Å². The molecule has 2 aliphatic rings. The van der Waals surface area contributed by atoms with E-state index < -0.39 is 0 Å². The van der Waals surface area contributed by atoms with E-state index in [4.69, 9.17) is 4.98 Å². The van der Waals surface area contributed by atoms with Crippen LogP contribution < -0.4 is 4.90 Å².